The number of aliphatic carboxylic acids is 1. The molecule has 7 nitrogen and oxygen atoms in total. The molecule has 3 aromatic rings. The highest BCUT2D eigenvalue weighted by molar-refractivity contribution is 6.34. The molecule has 168 valence electrons. The third-order valence-electron chi connectivity index (χ3n) is 5.37. The van der Waals surface area contributed by atoms with Gasteiger partial charge in [0.15, 0.2) is 11.0 Å². The zero-order valence-electron chi connectivity index (χ0n) is 17.5. The highest BCUT2D eigenvalue weighted by atomic mass is 35.5. The summed E-state index contributed by atoms with van der Waals surface area (Å²) in [4.78, 5) is 23.5. The van der Waals surface area contributed by atoms with Gasteiger partial charge in [-0.15, -0.1) is 0 Å². The second-order valence-corrected chi connectivity index (χ2v) is 7.94. The Kier molecular flexibility index (Phi) is 6.67. The van der Waals surface area contributed by atoms with Crippen LogP contribution in [0.15, 0.2) is 51.7 Å². The van der Waals surface area contributed by atoms with Crippen LogP contribution in [0.1, 0.15) is 19.8 Å². The minimum absolute atomic E-state index is 0.0606. The molecule has 1 fully saturated rings. The first-order valence-corrected chi connectivity index (χ1v) is 10.8. The molecule has 8 heteroatoms. The molecule has 1 aliphatic rings. The molecule has 0 bridgehead atoms. The number of benzene rings is 2. The van der Waals surface area contributed by atoms with Crippen molar-refractivity contribution in [3.63, 3.8) is 0 Å². The summed E-state index contributed by atoms with van der Waals surface area (Å²) < 4.78 is 23.2. The Bertz CT molecular complexity index is 1180. The van der Waals surface area contributed by atoms with Crippen molar-refractivity contribution in [2.45, 2.75) is 25.9 Å². The van der Waals surface area contributed by atoms with Crippen molar-refractivity contribution in [1.29, 1.82) is 0 Å². The summed E-state index contributed by atoms with van der Waals surface area (Å²) in [7, 11) is 0. The smallest absolute Gasteiger partial charge is 0.306 e. The van der Waals surface area contributed by atoms with Crippen molar-refractivity contribution in [2.75, 3.05) is 19.8 Å². The number of ether oxygens (including phenoxy) is 3. The monoisotopic (exact) mass is 458 g/mol. The number of halogens is 1. The molecule has 0 spiro atoms. The minimum Gasteiger partial charge on any atom is -0.494 e. The first kappa shape index (κ1) is 22.2. The topological polar surface area (TPSA) is 95.2 Å². The zero-order valence-corrected chi connectivity index (χ0v) is 18.3. The van der Waals surface area contributed by atoms with E-state index < -0.39 is 5.97 Å². The van der Waals surface area contributed by atoms with Gasteiger partial charge in [0.05, 0.1) is 41.2 Å². The lowest BCUT2D eigenvalue weighted by Gasteiger charge is -2.32. The predicted octanol–water partition coefficient (Wildman–Crippen LogP) is 4.77. The molecular formula is C24H23ClO7. The van der Waals surface area contributed by atoms with Crippen molar-refractivity contribution in [1.82, 2.24) is 0 Å². The third kappa shape index (κ3) is 4.74. The Morgan fingerprint density at radius 1 is 1.16 bits per heavy atom. The summed E-state index contributed by atoms with van der Waals surface area (Å²) in [6.45, 7) is 2.93. The van der Waals surface area contributed by atoms with Crippen LogP contribution in [-0.4, -0.2) is 37.0 Å². The lowest BCUT2D eigenvalue weighted by molar-refractivity contribution is -0.151. The fourth-order valence-electron chi connectivity index (χ4n) is 3.63. The Hall–Kier alpha value is -3.03. The standard InChI is InChI=1S/C24H23ClO7/c1-2-29-15-6-7-18(22-13-20(26)17-4-3-5-19(25)23(17)32-22)21(12-15)31-9-8-30-16-10-14(11-16)24(27)28/h3-7,12-14,16H,2,8-11H2,1H3,(H,27,28)/t14-,16-. The maximum Gasteiger partial charge on any atom is 0.306 e. The van der Waals surface area contributed by atoms with Crippen LogP contribution in [-0.2, 0) is 9.53 Å². The van der Waals surface area contributed by atoms with Crippen LogP contribution in [0.3, 0.4) is 0 Å². The van der Waals surface area contributed by atoms with Gasteiger partial charge in [-0.2, -0.15) is 0 Å². The molecule has 0 saturated heterocycles. The van der Waals surface area contributed by atoms with Gasteiger partial charge in [0, 0.05) is 12.1 Å². The van der Waals surface area contributed by atoms with Crippen LogP contribution in [0.2, 0.25) is 5.02 Å². The van der Waals surface area contributed by atoms with Gasteiger partial charge in [-0.1, -0.05) is 17.7 Å². The largest absolute Gasteiger partial charge is 0.494 e. The van der Waals surface area contributed by atoms with Gasteiger partial charge < -0.3 is 23.7 Å². The lowest BCUT2D eigenvalue weighted by Crippen LogP contribution is -2.37. The zero-order chi connectivity index (χ0) is 22.7. The molecule has 32 heavy (non-hydrogen) atoms. The maximum atomic E-state index is 12.6. The number of carbonyl (C=O) groups is 1. The van der Waals surface area contributed by atoms with Gasteiger partial charge >= 0.3 is 5.97 Å². The molecule has 1 heterocycles. The third-order valence-corrected chi connectivity index (χ3v) is 5.67. The molecule has 0 unspecified atom stereocenters. The Balaban J connectivity index is 1.54. The van der Waals surface area contributed by atoms with Gasteiger partial charge in [-0.05, 0) is 44.0 Å². The van der Waals surface area contributed by atoms with Crippen LogP contribution in [0.25, 0.3) is 22.3 Å². The van der Waals surface area contributed by atoms with Crippen LogP contribution >= 0.6 is 11.6 Å². The van der Waals surface area contributed by atoms with Crippen molar-refractivity contribution in [2.24, 2.45) is 5.92 Å². The van der Waals surface area contributed by atoms with E-state index in [4.69, 9.17) is 35.3 Å². The molecule has 4 rings (SSSR count). The molecular weight excluding hydrogens is 436 g/mol. The van der Waals surface area contributed by atoms with Crippen LogP contribution in [0, 0.1) is 5.92 Å². The Morgan fingerprint density at radius 3 is 2.72 bits per heavy atom. The van der Waals surface area contributed by atoms with Crippen molar-refractivity contribution in [3.8, 4) is 22.8 Å². The van der Waals surface area contributed by atoms with Crippen molar-refractivity contribution >= 4 is 28.5 Å². The molecule has 0 aliphatic heterocycles. The van der Waals surface area contributed by atoms with E-state index in [1.165, 1.54) is 6.07 Å². The number of carboxylic acids is 1. The maximum absolute atomic E-state index is 12.6. The normalized spacial score (nSPS) is 17.7. The number of carboxylic acid groups (broad SMARTS) is 1. The van der Waals surface area contributed by atoms with Crippen LogP contribution < -0.4 is 14.9 Å². The molecule has 0 radical (unpaired) electrons. The molecule has 0 amide bonds. The van der Waals surface area contributed by atoms with Gasteiger partial charge in [0.25, 0.3) is 0 Å². The second-order valence-electron chi connectivity index (χ2n) is 7.53. The van der Waals surface area contributed by atoms with E-state index in [0.717, 1.165) is 0 Å². The van der Waals surface area contributed by atoms with Gasteiger partial charge in [0.2, 0.25) is 0 Å². The average Bonchev–Trinajstić information content (AvgIpc) is 2.73. The number of hydrogen-bond donors (Lipinski definition) is 1. The van der Waals surface area contributed by atoms with E-state index >= 15 is 0 Å². The van der Waals surface area contributed by atoms with Crippen molar-refractivity contribution < 1.29 is 28.5 Å². The fourth-order valence-corrected chi connectivity index (χ4v) is 3.84. The van der Waals surface area contributed by atoms with E-state index in [1.54, 1.807) is 36.4 Å². The van der Waals surface area contributed by atoms with Gasteiger partial charge in [-0.3, -0.25) is 9.59 Å². The Morgan fingerprint density at radius 2 is 1.97 bits per heavy atom. The summed E-state index contributed by atoms with van der Waals surface area (Å²) >= 11 is 6.24. The summed E-state index contributed by atoms with van der Waals surface area (Å²) in [5.74, 6) is 0.328. The molecule has 0 atom stereocenters. The summed E-state index contributed by atoms with van der Waals surface area (Å²) in [5.41, 5.74) is 0.699. The summed E-state index contributed by atoms with van der Waals surface area (Å²) in [5, 5.41) is 9.71. The van der Waals surface area contributed by atoms with E-state index in [-0.39, 0.29) is 24.1 Å². The summed E-state index contributed by atoms with van der Waals surface area (Å²) in [6, 6.07) is 11.7. The number of rotatable bonds is 9. The van der Waals surface area contributed by atoms with Crippen molar-refractivity contribution in [3.05, 3.63) is 57.7 Å². The van der Waals surface area contributed by atoms with E-state index in [2.05, 4.69) is 0 Å². The average molecular weight is 459 g/mol. The molecule has 1 saturated carbocycles. The number of hydrogen-bond acceptors (Lipinski definition) is 6. The molecule has 1 aliphatic carbocycles. The quantitative estimate of drug-likeness (QED) is 0.461. The van der Waals surface area contributed by atoms with E-state index in [9.17, 15) is 9.59 Å². The van der Waals surface area contributed by atoms with Crippen LogP contribution in [0.5, 0.6) is 11.5 Å². The van der Waals surface area contributed by atoms with E-state index in [1.807, 2.05) is 6.92 Å². The first-order chi connectivity index (χ1) is 15.5. The first-order valence-electron chi connectivity index (χ1n) is 10.4. The highest BCUT2D eigenvalue weighted by Crippen LogP contribution is 2.35. The minimum atomic E-state index is -0.782. The Labute approximate surface area is 189 Å². The molecule has 1 N–H and O–H groups in total. The fraction of sp³-hybridized carbons (Fsp3) is 0.333. The molecule has 1 aromatic heterocycles. The highest BCUT2D eigenvalue weighted by Gasteiger charge is 2.35. The van der Waals surface area contributed by atoms with Gasteiger partial charge in [-0.25, -0.2) is 0 Å². The summed E-state index contributed by atoms with van der Waals surface area (Å²) in [6.07, 6.45) is 0.974. The number of fused-ring (bicyclic) bond motifs is 1. The second kappa shape index (κ2) is 9.63. The lowest BCUT2D eigenvalue weighted by atomic mass is 9.82. The van der Waals surface area contributed by atoms with Gasteiger partial charge in [0.1, 0.15) is 23.9 Å². The number of para-hydroxylation sites is 1. The molecule has 2 aromatic carbocycles. The SMILES string of the molecule is CCOc1ccc(-c2cc(=O)c3cccc(Cl)c3o2)c(OCCO[C@H]2C[C@H](C(=O)O)C2)c1. The predicted molar refractivity (Wildman–Crippen MR) is 120 cm³/mol. The van der Waals surface area contributed by atoms with E-state index in [0.29, 0.717) is 64.9 Å². The van der Waals surface area contributed by atoms with Crippen LogP contribution in [0.4, 0.5) is 0 Å².